The van der Waals surface area contributed by atoms with Gasteiger partial charge < -0.3 is 10.4 Å². The lowest BCUT2D eigenvalue weighted by atomic mass is 10.1. The Hall–Kier alpha value is -3.95. The maximum atomic E-state index is 13.7. The van der Waals surface area contributed by atoms with E-state index < -0.39 is 11.7 Å². The van der Waals surface area contributed by atoms with Crippen LogP contribution in [0.3, 0.4) is 0 Å². The van der Waals surface area contributed by atoms with Gasteiger partial charge in [0.1, 0.15) is 11.6 Å². The molecule has 1 saturated heterocycles. The number of carbonyl (C=O) groups is 2. The molecule has 0 spiro atoms. The molecule has 1 fully saturated rings. The van der Waals surface area contributed by atoms with Crippen LogP contribution in [0.1, 0.15) is 11.1 Å². The smallest absolute Gasteiger partial charge is 0.276 e. The molecule has 168 valence electrons. The number of hydrogen-bond donors (Lipinski definition) is 2. The highest BCUT2D eigenvalue weighted by Crippen LogP contribution is 2.37. The summed E-state index contributed by atoms with van der Waals surface area (Å²) in [7, 11) is 0. The minimum absolute atomic E-state index is 0.0536. The molecular weight excluding hydrogens is 479 g/mol. The molecule has 2 aliphatic heterocycles. The molecule has 2 amide bonds. The fraction of sp³-hybridized carbons (Fsp3) is 0. The van der Waals surface area contributed by atoms with Gasteiger partial charge in [-0.1, -0.05) is 23.7 Å². The summed E-state index contributed by atoms with van der Waals surface area (Å²) in [5, 5.41) is 21.1. The van der Waals surface area contributed by atoms with Gasteiger partial charge in [0, 0.05) is 10.6 Å². The van der Waals surface area contributed by atoms with E-state index in [1.165, 1.54) is 35.2 Å². The number of phenolic OH excluding ortho intramolecular Hbond substituents is 1. The molecule has 34 heavy (non-hydrogen) atoms. The average molecular weight is 493 g/mol. The summed E-state index contributed by atoms with van der Waals surface area (Å²) in [5.41, 5.74) is 1.89. The third-order valence-corrected chi connectivity index (χ3v) is 6.23. The van der Waals surface area contributed by atoms with Crippen molar-refractivity contribution in [1.29, 1.82) is 0 Å². The second kappa shape index (κ2) is 8.77. The highest BCUT2D eigenvalue weighted by atomic mass is 35.5. The van der Waals surface area contributed by atoms with Gasteiger partial charge in [-0.05, 0) is 78.0 Å². The standard InChI is InChI=1S/C24H14ClFN4O3S/c25-14-3-6-16(7-4-14)30-23(33)20(11-13-1-8-17(31)9-2-13)34-24(30)29-28-21-18-12-15(26)5-10-19(18)27-22(21)32/h1-12,31H,(H,27,28,32). The Bertz CT molecular complexity index is 1420. The number of hydrogen-bond acceptors (Lipinski definition) is 6. The van der Waals surface area contributed by atoms with Crippen molar-refractivity contribution in [3.05, 3.63) is 93.6 Å². The molecule has 7 nitrogen and oxygen atoms in total. The fourth-order valence-electron chi connectivity index (χ4n) is 3.40. The molecule has 5 rings (SSSR count). The quantitative estimate of drug-likeness (QED) is 0.396. The van der Waals surface area contributed by atoms with Gasteiger partial charge in [0.2, 0.25) is 5.17 Å². The van der Waals surface area contributed by atoms with Crippen LogP contribution in [0.15, 0.2) is 81.8 Å². The third kappa shape index (κ3) is 4.18. The lowest BCUT2D eigenvalue weighted by Crippen LogP contribution is -2.28. The Labute approximate surface area is 202 Å². The number of amidine groups is 1. The van der Waals surface area contributed by atoms with Crippen LogP contribution in [0.25, 0.3) is 6.08 Å². The number of nitrogens with zero attached hydrogens (tertiary/aromatic N) is 3. The van der Waals surface area contributed by atoms with Gasteiger partial charge in [-0.3, -0.25) is 14.5 Å². The number of thioether (sulfide) groups is 1. The van der Waals surface area contributed by atoms with Gasteiger partial charge in [-0.2, -0.15) is 0 Å². The summed E-state index contributed by atoms with van der Waals surface area (Å²) in [4.78, 5) is 27.4. The van der Waals surface area contributed by atoms with Gasteiger partial charge >= 0.3 is 0 Å². The molecule has 0 unspecified atom stereocenters. The van der Waals surface area contributed by atoms with Crippen LogP contribution in [0, 0.1) is 5.82 Å². The second-order valence-corrected chi connectivity index (χ2v) is 8.74. The van der Waals surface area contributed by atoms with E-state index in [4.69, 9.17) is 11.6 Å². The van der Waals surface area contributed by atoms with Crippen molar-refractivity contribution >= 4 is 63.5 Å². The molecule has 0 aliphatic carbocycles. The number of nitrogens with one attached hydrogen (secondary N) is 1. The largest absolute Gasteiger partial charge is 0.508 e. The summed E-state index contributed by atoms with van der Waals surface area (Å²) >= 11 is 7.07. The normalized spacial score (nSPS) is 18.8. The molecule has 2 heterocycles. The first-order valence-corrected chi connectivity index (χ1v) is 11.1. The summed E-state index contributed by atoms with van der Waals surface area (Å²) in [5.74, 6) is -1.26. The van der Waals surface area contributed by atoms with Crippen molar-refractivity contribution in [2.75, 3.05) is 10.2 Å². The summed E-state index contributed by atoms with van der Waals surface area (Å²) in [6.07, 6.45) is 1.66. The van der Waals surface area contributed by atoms with E-state index in [9.17, 15) is 19.1 Å². The molecule has 0 aromatic heterocycles. The zero-order valence-electron chi connectivity index (χ0n) is 17.2. The Morgan fingerprint density at radius 2 is 1.74 bits per heavy atom. The first-order valence-electron chi connectivity index (χ1n) is 9.94. The first kappa shape index (κ1) is 21.9. The zero-order valence-corrected chi connectivity index (χ0v) is 18.8. The van der Waals surface area contributed by atoms with Gasteiger partial charge in [-0.15, -0.1) is 10.2 Å². The van der Waals surface area contributed by atoms with E-state index in [1.807, 2.05) is 0 Å². The summed E-state index contributed by atoms with van der Waals surface area (Å²) in [6.45, 7) is 0. The molecule has 2 N–H and O–H groups in total. The second-order valence-electron chi connectivity index (χ2n) is 7.29. The minimum atomic E-state index is -0.517. The number of amides is 2. The molecule has 0 radical (unpaired) electrons. The van der Waals surface area contributed by atoms with E-state index in [0.717, 1.165) is 11.8 Å². The SMILES string of the molecule is O=C1Nc2ccc(F)cc2C1=NN=C1SC(=Cc2ccc(O)cc2)C(=O)N1c1ccc(Cl)cc1. The van der Waals surface area contributed by atoms with Gasteiger partial charge in [0.15, 0.2) is 5.71 Å². The number of aromatic hydroxyl groups is 1. The van der Waals surface area contributed by atoms with E-state index >= 15 is 0 Å². The summed E-state index contributed by atoms with van der Waals surface area (Å²) in [6, 6.07) is 16.9. The fourth-order valence-corrected chi connectivity index (χ4v) is 4.46. The van der Waals surface area contributed by atoms with Gasteiger partial charge in [-0.25, -0.2) is 4.39 Å². The molecule has 3 aromatic rings. The van der Waals surface area contributed by atoms with Crippen LogP contribution in [0.5, 0.6) is 5.75 Å². The van der Waals surface area contributed by atoms with Gasteiger partial charge in [0.05, 0.1) is 16.3 Å². The highest BCUT2D eigenvalue weighted by Gasteiger charge is 2.35. The number of benzene rings is 3. The number of halogens is 2. The van der Waals surface area contributed by atoms with Gasteiger partial charge in [0.25, 0.3) is 11.8 Å². The molecule has 0 atom stereocenters. The predicted octanol–water partition coefficient (Wildman–Crippen LogP) is 5.02. The van der Waals surface area contributed by atoms with Crippen molar-refractivity contribution in [1.82, 2.24) is 0 Å². The van der Waals surface area contributed by atoms with E-state index in [-0.39, 0.29) is 22.5 Å². The van der Waals surface area contributed by atoms with Crippen LogP contribution in [0.4, 0.5) is 15.8 Å². The molecule has 0 saturated carbocycles. The third-order valence-electron chi connectivity index (χ3n) is 5.02. The van der Waals surface area contributed by atoms with E-state index in [1.54, 1.807) is 42.5 Å². The monoisotopic (exact) mass is 492 g/mol. The molecule has 0 bridgehead atoms. The Morgan fingerprint density at radius 1 is 1.00 bits per heavy atom. The lowest BCUT2D eigenvalue weighted by molar-refractivity contribution is -0.113. The molecule has 2 aliphatic rings. The maximum absolute atomic E-state index is 13.7. The molecule has 3 aromatic carbocycles. The van der Waals surface area contributed by atoms with Crippen LogP contribution in [-0.4, -0.2) is 27.8 Å². The molecular formula is C24H14ClFN4O3S. The average Bonchev–Trinajstić information content (AvgIpc) is 3.29. The van der Waals surface area contributed by atoms with Crippen molar-refractivity contribution < 1.29 is 19.1 Å². The van der Waals surface area contributed by atoms with Crippen LogP contribution in [-0.2, 0) is 9.59 Å². The number of phenols is 1. The summed E-state index contributed by atoms with van der Waals surface area (Å²) < 4.78 is 13.7. The zero-order chi connectivity index (χ0) is 23.8. The van der Waals surface area contributed by atoms with Crippen LogP contribution < -0.4 is 10.2 Å². The Kier molecular flexibility index (Phi) is 5.64. The van der Waals surface area contributed by atoms with E-state index in [0.29, 0.717) is 32.4 Å². The lowest BCUT2D eigenvalue weighted by Gasteiger charge is -2.14. The van der Waals surface area contributed by atoms with Crippen LogP contribution >= 0.6 is 23.4 Å². The number of anilines is 2. The van der Waals surface area contributed by atoms with Crippen molar-refractivity contribution in [2.24, 2.45) is 10.2 Å². The van der Waals surface area contributed by atoms with E-state index in [2.05, 4.69) is 15.5 Å². The van der Waals surface area contributed by atoms with Crippen molar-refractivity contribution in [3.63, 3.8) is 0 Å². The predicted molar refractivity (Wildman–Crippen MR) is 132 cm³/mol. The molecule has 10 heteroatoms. The number of fused-ring (bicyclic) bond motifs is 1. The number of rotatable bonds is 3. The van der Waals surface area contributed by atoms with Crippen molar-refractivity contribution in [3.8, 4) is 5.75 Å². The highest BCUT2D eigenvalue weighted by molar-refractivity contribution is 8.19. The first-order chi connectivity index (χ1) is 16.4. The topological polar surface area (TPSA) is 94.4 Å². The van der Waals surface area contributed by atoms with Crippen LogP contribution in [0.2, 0.25) is 5.02 Å². The maximum Gasteiger partial charge on any atom is 0.276 e. The number of carbonyl (C=O) groups excluding carboxylic acids is 2. The minimum Gasteiger partial charge on any atom is -0.508 e. The Balaban J connectivity index is 1.57. The Morgan fingerprint density at radius 3 is 2.47 bits per heavy atom. The van der Waals surface area contributed by atoms with Crippen molar-refractivity contribution in [2.45, 2.75) is 0 Å².